The van der Waals surface area contributed by atoms with Crippen molar-refractivity contribution in [2.45, 2.75) is 120 Å². The number of rotatable bonds is 45. The van der Waals surface area contributed by atoms with Gasteiger partial charge < -0.3 is 43.3 Å². The van der Waals surface area contributed by atoms with E-state index >= 15 is 0 Å². The van der Waals surface area contributed by atoms with Gasteiger partial charge in [0.05, 0.1) is 41.6 Å². The average Bonchev–Trinajstić information content (AvgIpc) is 3.29. The molecule has 0 aliphatic rings. The van der Waals surface area contributed by atoms with Gasteiger partial charge in [-0.25, -0.2) is 0 Å². The molecule has 0 bridgehead atoms. The number of esters is 6. The molecule has 374 valence electrons. The Morgan fingerprint density at radius 2 is 0.738 bits per heavy atom. The van der Waals surface area contributed by atoms with E-state index in [0.717, 1.165) is 75.0 Å². The fraction of sp³-hybridized carbons (Fsp3) is 0.745. The van der Waals surface area contributed by atoms with E-state index < -0.39 is 17.9 Å². The van der Waals surface area contributed by atoms with Crippen molar-refractivity contribution in [3.63, 3.8) is 0 Å². The van der Waals surface area contributed by atoms with Crippen molar-refractivity contribution in [1.29, 1.82) is 0 Å². The van der Waals surface area contributed by atoms with E-state index in [9.17, 15) is 33.9 Å². The van der Waals surface area contributed by atoms with Gasteiger partial charge in [-0.1, -0.05) is 18.2 Å². The molecule has 0 saturated heterocycles. The van der Waals surface area contributed by atoms with Crippen LogP contribution in [-0.2, 0) is 57.2 Å². The van der Waals surface area contributed by atoms with Crippen LogP contribution in [0.15, 0.2) is 38.0 Å². The molecule has 0 saturated carbocycles. The first-order valence-corrected chi connectivity index (χ1v) is 26.2. The van der Waals surface area contributed by atoms with Crippen LogP contribution in [0, 0.1) is 0 Å². The lowest BCUT2D eigenvalue weighted by atomic mass is 10.2. The molecule has 3 unspecified atom stereocenters. The summed E-state index contributed by atoms with van der Waals surface area (Å²) in [5.41, 5.74) is 0. The summed E-state index contributed by atoms with van der Waals surface area (Å²) < 4.78 is 31.7. The van der Waals surface area contributed by atoms with Crippen LogP contribution in [0.25, 0.3) is 0 Å². The van der Waals surface area contributed by atoms with Gasteiger partial charge in [0, 0.05) is 26.2 Å². The van der Waals surface area contributed by atoms with Crippen molar-refractivity contribution in [2.75, 3.05) is 103 Å². The van der Waals surface area contributed by atoms with Crippen molar-refractivity contribution < 1.29 is 62.3 Å². The Balaban J connectivity index is 4.95. The lowest BCUT2D eigenvalue weighted by molar-refractivity contribution is -0.152. The van der Waals surface area contributed by atoms with Gasteiger partial charge in [-0.2, -0.15) is 0 Å². The summed E-state index contributed by atoms with van der Waals surface area (Å²) in [7, 11) is 0. The van der Waals surface area contributed by atoms with E-state index in [1.54, 1.807) is 20.8 Å². The molecule has 0 rings (SSSR count). The second-order valence-corrected chi connectivity index (χ2v) is 19.4. The summed E-state index contributed by atoms with van der Waals surface area (Å²) in [5, 5.41) is 8.72. The van der Waals surface area contributed by atoms with Gasteiger partial charge in [0.1, 0.15) is 39.6 Å². The number of ether oxygens (including phenoxy) is 6. The van der Waals surface area contributed by atoms with Crippen molar-refractivity contribution >= 4 is 71.1 Å². The van der Waals surface area contributed by atoms with E-state index in [2.05, 4.69) is 19.7 Å². The van der Waals surface area contributed by atoms with Crippen LogP contribution in [0.3, 0.4) is 0 Å². The lowest BCUT2D eigenvalue weighted by Gasteiger charge is -2.25. The zero-order valence-corrected chi connectivity index (χ0v) is 42.0. The first-order chi connectivity index (χ1) is 31.4. The third kappa shape index (κ3) is 37.7. The van der Waals surface area contributed by atoms with Crippen LogP contribution in [0.4, 0.5) is 0 Å². The van der Waals surface area contributed by atoms with E-state index in [1.165, 1.54) is 35.3 Å². The van der Waals surface area contributed by atoms with Crippen LogP contribution in [0.2, 0.25) is 0 Å². The molecule has 0 aliphatic carbocycles. The van der Waals surface area contributed by atoms with Gasteiger partial charge in [0.2, 0.25) is 0 Å². The Morgan fingerprint density at radius 3 is 1.03 bits per heavy atom. The number of aliphatic hydroxyl groups excluding tert-OH is 1. The zero-order chi connectivity index (χ0) is 48.3. The molecule has 0 spiro atoms. The topological polar surface area (TPSA) is 185 Å². The maximum Gasteiger partial charge on any atom is 0.318 e. The summed E-state index contributed by atoms with van der Waals surface area (Å²) in [6.07, 6.45) is 15.2. The normalized spacial score (nSPS) is 12.5. The highest BCUT2D eigenvalue weighted by molar-refractivity contribution is 8.01. The summed E-state index contributed by atoms with van der Waals surface area (Å²) in [4.78, 5) is 78.5. The molecule has 15 nitrogen and oxygen atoms in total. The summed E-state index contributed by atoms with van der Waals surface area (Å²) in [6.45, 7) is 18.2. The SMILES string of the molecule is C=CCCCCSC(C)C(=O)OCCOC(=O)CCN(CCO)CCCN(CCC(=O)OCCOC(=O)C(C)SCCCCC=C)CCC(=O)OCCOC(=O)C(C)SCCCCC=C. The van der Waals surface area contributed by atoms with Crippen molar-refractivity contribution in [1.82, 2.24) is 9.80 Å². The van der Waals surface area contributed by atoms with Crippen molar-refractivity contribution in [3.8, 4) is 0 Å². The highest BCUT2D eigenvalue weighted by Crippen LogP contribution is 2.17. The molecule has 18 heteroatoms. The van der Waals surface area contributed by atoms with Crippen LogP contribution in [0.5, 0.6) is 0 Å². The molecule has 0 aromatic rings. The number of allylic oxidation sites excluding steroid dienone is 3. The quantitative estimate of drug-likeness (QED) is 0.0289. The minimum atomic E-state index is -0.484. The van der Waals surface area contributed by atoms with E-state index in [0.29, 0.717) is 32.6 Å². The van der Waals surface area contributed by atoms with E-state index in [-0.39, 0.29) is 112 Å². The summed E-state index contributed by atoms with van der Waals surface area (Å²) in [5.74, 6) is 0.0334. The predicted molar refractivity (Wildman–Crippen MR) is 262 cm³/mol. The minimum Gasteiger partial charge on any atom is -0.462 e. The van der Waals surface area contributed by atoms with E-state index in [1.807, 2.05) is 28.0 Å². The molecule has 0 radical (unpaired) electrons. The zero-order valence-electron chi connectivity index (χ0n) is 39.6. The Kier molecular flexibility index (Phi) is 41.5. The average molecular weight is 977 g/mol. The molecule has 0 fully saturated rings. The second-order valence-electron chi connectivity index (χ2n) is 15.1. The molecule has 1 N–H and O–H groups in total. The standard InChI is InChI=1S/C47H80N2O13S3/c1-7-10-13-16-36-63-39(4)45(54)60-33-30-57-42(51)20-25-48(26-21-43(52)58-31-34-61-46(55)40(5)64-37-17-14-11-8-2)23-19-24-49(28-29-50)27-22-44(53)59-32-35-62-47(56)41(6)65-38-18-15-12-9-3/h7-9,39-41,50H,1-3,10-38H2,4-6H3. The van der Waals surface area contributed by atoms with Gasteiger partial charge in [-0.3, -0.25) is 28.8 Å². The van der Waals surface area contributed by atoms with E-state index in [4.69, 9.17) is 28.4 Å². The molecule has 0 aliphatic heterocycles. The number of carbonyl (C=O) groups is 6. The number of unbranched alkanes of at least 4 members (excludes halogenated alkanes) is 6. The first kappa shape index (κ1) is 62.0. The monoisotopic (exact) mass is 976 g/mol. The Bertz CT molecular complexity index is 1280. The number of thioether (sulfide) groups is 3. The molecule has 0 amide bonds. The maximum atomic E-state index is 12.7. The number of nitrogens with zero attached hydrogens (tertiary/aromatic N) is 2. The smallest absolute Gasteiger partial charge is 0.318 e. The van der Waals surface area contributed by atoms with Crippen molar-refractivity contribution in [3.05, 3.63) is 38.0 Å². The fourth-order valence-corrected chi connectivity index (χ4v) is 8.48. The van der Waals surface area contributed by atoms with Gasteiger partial charge in [0.25, 0.3) is 0 Å². The third-order valence-corrected chi connectivity index (χ3v) is 13.2. The predicted octanol–water partition coefficient (Wildman–Crippen LogP) is 6.84. The van der Waals surface area contributed by atoms with Gasteiger partial charge >= 0.3 is 35.8 Å². The van der Waals surface area contributed by atoms with Crippen LogP contribution in [-0.4, -0.2) is 169 Å². The lowest BCUT2D eigenvalue weighted by Crippen LogP contribution is -2.35. The minimum absolute atomic E-state index is 0.0235. The Labute approximate surface area is 402 Å². The summed E-state index contributed by atoms with van der Waals surface area (Å²) in [6, 6.07) is 0. The second kappa shape index (κ2) is 43.5. The molecular weight excluding hydrogens is 897 g/mol. The number of aliphatic hydroxyl groups is 1. The number of carbonyl (C=O) groups excluding carboxylic acids is 6. The number of hydrogen-bond acceptors (Lipinski definition) is 18. The van der Waals surface area contributed by atoms with Crippen LogP contribution < -0.4 is 0 Å². The maximum absolute atomic E-state index is 12.7. The largest absolute Gasteiger partial charge is 0.462 e. The van der Waals surface area contributed by atoms with Crippen LogP contribution in [0.1, 0.15) is 104 Å². The molecule has 0 aromatic carbocycles. The third-order valence-electron chi connectivity index (χ3n) is 9.54. The van der Waals surface area contributed by atoms with Gasteiger partial charge in [-0.05, 0) is 115 Å². The van der Waals surface area contributed by atoms with Gasteiger partial charge in [0.15, 0.2) is 0 Å². The Hall–Kier alpha value is -3.03. The summed E-state index contributed by atoms with van der Waals surface area (Å²) >= 11 is 4.57. The highest BCUT2D eigenvalue weighted by Gasteiger charge is 2.19. The highest BCUT2D eigenvalue weighted by atomic mass is 32.2. The van der Waals surface area contributed by atoms with Gasteiger partial charge in [-0.15, -0.1) is 55.0 Å². The fourth-order valence-electron chi connectivity index (χ4n) is 5.70. The first-order valence-electron chi connectivity index (χ1n) is 23.1. The van der Waals surface area contributed by atoms with Crippen LogP contribution >= 0.6 is 35.3 Å². The molecule has 65 heavy (non-hydrogen) atoms. The molecule has 0 aromatic heterocycles. The molecule has 0 heterocycles. The van der Waals surface area contributed by atoms with Crippen molar-refractivity contribution in [2.24, 2.45) is 0 Å². The Morgan fingerprint density at radius 1 is 0.446 bits per heavy atom. The molecule has 3 atom stereocenters. The molecular formula is C47H80N2O13S3. The number of hydrogen-bond donors (Lipinski definition) is 1.